The van der Waals surface area contributed by atoms with Crippen LogP contribution in [-0.2, 0) is 12.8 Å². The Labute approximate surface area is 257 Å². The molecule has 0 aliphatic carbocycles. The van der Waals surface area contributed by atoms with E-state index in [0.29, 0.717) is 0 Å². The van der Waals surface area contributed by atoms with E-state index in [1.807, 2.05) is 12.1 Å². The minimum absolute atomic E-state index is 0.156. The molecule has 0 atom stereocenters. The van der Waals surface area contributed by atoms with Gasteiger partial charge in [-0.05, 0) is 71.8 Å². The Morgan fingerprint density at radius 3 is 1.21 bits per heavy atom. The van der Waals surface area contributed by atoms with Gasteiger partial charge in [0.05, 0.1) is 9.06 Å². The molecule has 0 fully saturated rings. The molecule has 4 rings (SSSR count). The molecule has 0 N–H and O–H groups in total. The molecule has 214 valence electrons. The molecule has 42 heavy (non-hydrogen) atoms. The molecule has 0 amide bonds. The summed E-state index contributed by atoms with van der Waals surface area (Å²) in [5, 5.41) is 43.0. The lowest BCUT2D eigenvalue weighted by Crippen LogP contribution is -1.94. The first-order valence-electron chi connectivity index (χ1n) is 15.4. The Hall–Kier alpha value is -3.68. The summed E-state index contributed by atoms with van der Waals surface area (Å²) >= 11 is 3.11. The van der Waals surface area contributed by atoms with Crippen molar-refractivity contribution >= 4 is 64.8 Å². The summed E-state index contributed by atoms with van der Waals surface area (Å²) < 4.78 is 3.77. The summed E-state index contributed by atoms with van der Waals surface area (Å²) in [6.45, 7) is 4.47. The van der Waals surface area contributed by atoms with Gasteiger partial charge in [0.15, 0.2) is 0 Å². The first-order valence-corrected chi connectivity index (χ1v) is 17.0. The Morgan fingerprint density at radius 1 is 0.500 bits per heavy atom. The Balaban J connectivity index is 1.91. The number of unbranched alkanes of at least 4 members (excludes halogenated alkanes) is 10. The van der Waals surface area contributed by atoms with Gasteiger partial charge in [-0.2, -0.15) is 21.0 Å². The molecule has 2 aromatic carbocycles. The van der Waals surface area contributed by atoms with Crippen LogP contribution in [0.3, 0.4) is 0 Å². The number of thiophene rings is 2. The Kier molecular flexibility index (Phi) is 11.6. The average Bonchev–Trinajstić information content (AvgIpc) is 3.64. The maximum atomic E-state index is 9.64. The largest absolute Gasteiger partial charge is 0.192 e. The molecule has 4 nitrogen and oxygen atoms in total. The molecule has 0 bridgehead atoms. The van der Waals surface area contributed by atoms with Crippen molar-refractivity contribution in [2.45, 2.75) is 104 Å². The van der Waals surface area contributed by atoms with Gasteiger partial charge in [-0.1, -0.05) is 78.1 Å². The zero-order chi connectivity index (χ0) is 29.9. The second kappa shape index (κ2) is 15.5. The number of hydrogen-bond acceptors (Lipinski definition) is 6. The van der Waals surface area contributed by atoms with Crippen molar-refractivity contribution in [2.75, 3.05) is 0 Å². The van der Waals surface area contributed by atoms with Gasteiger partial charge >= 0.3 is 0 Å². The van der Waals surface area contributed by atoms with E-state index in [1.165, 1.54) is 75.3 Å². The molecule has 0 aliphatic heterocycles. The van der Waals surface area contributed by atoms with Crippen molar-refractivity contribution in [2.24, 2.45) is 0 Å². The maximum Gasteiger partial charge on any atom is 0.146 e. The van der Waals surface area contributed by atoms with Crippen molar-refractivity contribution < 1.29 is 0 Å². The zero-order valence-electron chi connectivity index (χ0n) is 24.8. The van der Waals surface area contributed by atoms with E-state index < -0.39 is 0 Å². The van der Waals surface area contributed by atoms with Crippen LogP contribution in [0.15, 0.2) is 24.3 Å². The lowest BCUT2D eigenvalue weighted by molar-refractivity contribution is 0.608. The minimum atomic E-state index is 0.156. The van der Waals surface area contributed by atoms with Crippen molar-refractivity contribution in [1.82, 2.24) is 0 Å². The highest BCUT2D eigenvalue weighted by Crippen LogP contribution is 2.39. The van der Waals surface area contributed by atoms with Gasteiger partial charge in [-0.15, -0.1) is 22.7 Å². The second-order valence-corrected chi connectivity index (χ2v) is 13.2. The van der Waals surface area contributed by atoms with Crippen LogP contribution in [0, 0.1) is 45.3 Å². The predicted octanol–water partition coefficient (Wildman–Crippen LogP) is 9.47. The fourth-order valence-electron chi connectivity index (χ4n) is 5.82. The number of nitriles is 4. The van der Waals surface area contributed by atoms with Gasteiger partial charge in [0.1, 0.15) is 35.4 Å². The summed E-state index contributed by atoms with van der Waals surface area (Å²) in [4.78, 5) is 0. The van der Waals surface area contributed by atoms with E-state index in [9.17, 15) is 21.0 Å². The zero-order valence-corrected chi connectivity index (χ0v) is 26.4. The Bertz CT molecular complexity index is 1690. The van der Waals surface area contributed by atoms with Crippen molar-refractivity contribution in [3.63, 3.8) is 0 Å². The van der Waals surface area contributed by atoms with Crippen LogP contribution >= 0.6 is 22.7 Å². The number of hydrogen-bond donors (Lipinski definition) is 0. The Morgan fingerprint density at radius 2 is 0.857 bits per heavy atom. The molecule has 2 aromatic heterocycles. The molecule has 0 saturated heterocycles. The van der Waals surface area contributed by atoms with E-state index >= 15 is 0 Å². The SMILES string of the molecule is CCCCCCCCc1cc2c3cc(=C(C#N)C#N)sc3c(CCCCCCCC)cc2c2cc(=C(C#N)C#N)sc12. The number of benzene rings is 2. The second-order valence-electron chi connectivity index (χ2n) is 11.1. The van der Waals surface area contributed by atoms with Crippen molar-refractivity contribution in [3.05, 3.63) is 44.5 Å². The molecule has 0 radical (unpaired) electrons. The summed E-state index contributed by atoms with van der Waals surface area (Å²) in [5.74, 6) is 0. The predicted molar refractivity (Wildman–Crippen MR) is 177 cm³/mol. The molecule has 0 aliphatic rings. The lowest BCUT2D eigenvalue weighted by atomic mass is 9.94. The third kappa shape index (κ3) is 7.02. The van der Waals surface area contributed by atoms with Crippen LogP contribution in [0.2, 0.25) is 0 Å². The van der Waals surface area contributed by atoms with Gasteiger partial charge in [-0.25, -0.2) is 0 Å². The van der Waals surface area contributed by atoms with Crippen LogP contribution in [0.4, 0.5) is 0 Å². The normalized spacial score (nSPS) is 10.9. The monoisotopic (exact) mass is 590 g/mol. The van der Waals surface area contributed by atoms with Crippen LogP contribution in [0.5, 0.6) is 0 Å². The fraction of sp³-hybridized carbons (Fsp3) is 0.444. The minimum Gasteiger partial charge on any atom is -0.192 e. The van der Waals surface area contributed by atoms with E-state index in [4.69, 9.17) is 0 Å². The maximum absolute atomic E-state index is 9.64. The summed E-state index contributed by atoms with van der Waals surface area (Å²) in [5.41, 5.74) is 2.82. The van der Waals surface area contributed by atoms with Crippen LogP contribution < -0.4 is 9.06 Å². The standard InChI is InChI=1S/C36H38N4S2/c1-3-5-7-9-11-13-15-25-17-29-30(31-19-33(41-35(25)31)27(21-37)22-38)18-26(16-14-12-10-8-6-4-2)36-32(29)20-34(42-36)28(23-39)24-40/h17-20H,3-16H2,1-2H3. The molecular formula is C36H38N4S2. The van der Waals surface area contributed by atoms with Crippen LogP contribution in [-0.4, -0.2) is 0 Å². The average molecular weight is 591 g/mol. The van der Waals surface area contributed by atoms with Crippen LogP contribution in [0.25, 0.3) is 42.1 Å². The van der Waals surface area contributed by atoms with E-state index in [-0.39, 0.29) is 11.1 Å². The molecule has 0 saturated carbocycles. The summed E-state index contributed by atoms with van der Waals surface area (Å²) in [6.07, 6.45) is 16.5. The quantitative estimate of drug-likeness (QED) is 0.137. The molecule has 4 aromatic rings. The molecule has 0 unspecified atom stereocenters. The van der Waals surface area contributed by atoms with Gasteiger partial charge in [0.25, 0.3) is 0 Å². The first kappa shape index (κ1) is 31.3. The third-order valence-electron chi connectivity index (χ3n) is 8.09. The third-order valence-corrected chi connectivity index (χ3v) is 10.6. The van der Waals surface area contributed by atoms with Crippen LogP contribution in [0.1, 0.15) is 102 Å². The molecule has 2 heterocycles. The molecule has 6 heteroatoms. The topological polar surface area (TPSA) is 95.2 Å². The van der Waals surface area contributed by atoms with E-state index in [1.54, 1.807) is 22.7 Å². The summed E-state index contributed by atoms with van der Waals surface area (Å²) in [6, 6.07) is 17.0. The fourth-order valence-corrected chi connectivity index (χ4v) is 8.14. The van der Waals surface area contributed by atoms with E-state index in [2.05, 4.69) is 50.3 Å². The van der Waals surface area contributed by atoms with Crippen molar-refractivity contribution in [1.29, 1.82) is 21.0 Å². The number of rotatable bonds is 14. The van der Waals surface area contributed by atoms with Gasteiger partial charge < -0.3 is 0 Å². The highest BCUT2D eigenvalue weighted by Gasteiger charge is 2.17. The first-order chi connectivity index (χ1) is 20.6. The van der Waals surface area contributed by atoms with Gasteiger partial charge in [0.2, 0.25) is 0 Å². The van der Waals surface area contributed by atoms with Gasteiger partial charge in [-0.3, -0.25) is 0 Å². The van der Waals surface area contributed by atoms with E-state index in [0.717, 1.165) is 65.7 Å². The highest BCUT2D eigenvalue weighted by atomic mass is 32.1. The highest BCUT2D eigenvalue weighted by molar-refractivity contribution is 7.18. The number of nitrogens with zero attached hydrogens (tertiary/aromatic N) is 4. The van der Waals surface area contributed by atoms with Crippen molar-refractivity contribution in [3.8, 4) is 24.3 Å². The molecule has 0 spiro atoms. The number of fused-ring (bicyclic) bond motifs is 5. The summed E-state index contributed by atoms with van der Waals surface area (Å²) in [7, 11) is 0. The number of aryl methyl sites for hydroxylation is 2. The molecular weight excluding hydrogens is 553 g/mol. The smallest absolute Gasteiger partial charge is 0.146 e. The van der Waals surface area contributed by atoms with Gasteiger partial charge in [0, 0.05) is 20.2 Å². The lowest BCUT2D eigenvalue weighted by Gasteiger charge is -2.12.